The number of fused-ring (bicyclic) bond motifs is 1. The molecule has 0 N–H and O–H groups in total. The Morgan fingerprint density at radius 2 is 2.03 bits per heavy atom. The van der Waals surface area contributed by atoms with Crippen molar-refractivity contribution in [2.45, 2.75) is 39.5 Å². The number of nitrogens with zero attached hydrogens (tertiary/aromatic N) is 5. The lowest BCUT2D eigenvalue weighted by atomic mass is 9.88. The van der Waals surface area contributed by atoms with Gasteiger partial charge in [-0.05, 0) is 40.4 Å². The van der Waals surface area contributed by atoms with Crippen LogP contribution in [0, 0.1) is 16.0 Å². The number of carbonyl (C=O) groups is 1. The zero-order valence-electron chi connectivity index (χ0n) is 18.3. The summed E-state index contributed by atoms with van der Waals surface area (Å²) < 4.78 is 8.69. The standard InChI is InChI=1S/C21H27N5O5/c1-13(2)31-21(28)19-14(3)22-17-12-18(27)24(10-9-23(4)5)25(17)20(19)15-7-6-8-16(11-15)26(29)30/h6-8,11-13,19-20H,9-10H2,1-5H3. The number of hydrogen-bond acceptors (Lipinski definition) is 7. The number of nitro groups is 1. The number of nitro benzene ring substituents is 1. The van der Waals surface area contributed by atoms with E-state index >= 15 is 0 Å². The summed E-state index contributed by atoms with van der Waals surface area (Å²) in [6, 6.07) is 6.84. The monoisotopic (exact) mass is 429 g/mol. The summed E-state index contributed by atoms with van der Waals surface area (Å²) in [6.45, 7) is 6.18. The van der Waals surface area contributed by atoms with Crippen molar-refractivity contribution >= 4 is 23.2 Å². The van der Waals surface area contributed by atoms with Crippen LogP contribution in [0.3, 0.4) is 0 Å². The molecule has 2 atom stereocenters. The van der Waals surface area contributed by atoms with E-state index in [-0.39, 0.29) is 17.4 Å². The quantitative estimate of drug-likeness (QED) is 0.379. The van der Waals surface area contributed by atoms with Crippen LogP contribution in [-0.2, 0) is 16.1 Å². The van der Waals surface area contributed by atoms with Crippen molar-refractivity contribution in [3.63, 3.8) is 0 Å². The normalized spacial score (nSPS) is 18.1. The largest absolute Gasteiger partial charge is 0.462 e. The molecule has 10 heteroatoms. The molecule has 1 aromatic carbocycles. The molecular formula is C21H27N5O5. The molecule has 0 saturated carbocycles. The topological polar surface area (TPSA) is 112 Å². The summed E-state index contributed by atoms with van der Waals surface area (Å²) in [6.07, 6.45) is -0.340. The number of carbonyl (C=O) groups excluding carboxylic acids is 1. The predicted molar refractivity (Wildman–Crippen MR) is 116 cm³/mol. The smallest absolute Gasteiger partial charge is 0.317 e. The first-order chi connectivity index (χ1) is 14.6. The van der Waals surface area contributed by atoms with Gasteiger partial charge in [0.05, 0.1) is 23.6 Å². The number of likely N-dealkylation sites (N-methyl/N-ethyl adjacent to an activating group) is 1. The van der Waals surface area contributed by atoms with Gasteiger partial charge in [0.1, 0.15) is 5.92 Å². The Morgan fingerprint density at radius 3 is 2.65 bits per heavy atom. The lowest BCUT2D eigenvalue weighted by Crippen LogP contribution is -2.41. The van der Waals surface area contributed by atoms with Gasteiger partial charge in [-0.3, -0.25) is 24.4 Å². The lowest BCUT2D eigenvalue weighted by Gasteiger charge is -2.33. The zero-order chi connectivity index (χ0) is 22.9. The van der Waals surface area contributed by atoms with Crippen molar-refractivity contribution in [3.8, 4) is 0 Å². The molecule has 166 valence electrons. The number of aliphatic imine (C=N–C) groups is 1. The van der Waals surface area contributed by atoms with Crippen molar-refractivity contribution in [2.24, 2.45) is 10.9 Å². The van der Waals surface area contributed by atoms with Gasteiger partial charge in [-0.25, -0.2) is 9.67 Å². The molecule has 0 aliphatic carbocycles. The number of benzene rings is 1. The van der Waals surface area contributed by atoms with Crippen LogP contribution in [0.25, 0.3) is 0 Å². The van der Waals surface area contributed by atoms with E-state index in [1.54, 1.807) is 37.6 Å². The van der Waals surface area contributed by atoms with Crippen molar-refractivity contribution in [3.05, 3.63) is 56.4 Å². The molecule has 0 radical (unpaired) electrons. The van der Waals surface area contributed by atoms with Crippen LogP contribution in [0.5, 0.6) is 0 Å². The van der Waals surface area contributed by atoms with Gasteiger partial charge in [0.2, 0.25) is 0 Å². The second kappa shape index (κ2) is 8.84. The van der Waals surface area contributed by atoms with Crippen LogP contribution in [0.1, 0.15) is 32.4 Å². The molecule has 0 spiro atoms. The fourth-order valence-corrected chi connectivity index (χ4v) is 3.75. The maximum Gasteiger partial charge on any atom is 0.317 e. The lowest BCUT2D eigenvalue weighted by molar-refractivity contribution is -0.384. The van der Waals surface area contributed by atoms with Crippen LogP contribution in [0.2, 0.25) is 0 Å². The van der Waals surface area contributed by atoms with E-state index < -0.39 is 22.9 Å². The number of hydrogen-bond donors (Lipinski definition) is 0. The fourth-order valence-electron chi connectivity index (χ4n) is 3.75. The Bertz CT molecular complexity index is 1080. The SMILES string of the molecule is CC1=Nc2cc(=O)n(CCN(C)C)n2C(c2cccc([N+](=O)[O-])c2)C1C(=O)OC(C)C. The molecule has 0 bridgehead atoms. The number of rotatable bonds is 7. The third kappa shape index (κ3) is 4.58. The molecule has 0 saturated heterocycles. The Balaban J connectivity index is 2.22. The van der Waals surface area contributed by atoms with Gasteiger partial charge >= 0.3 is 5.97 Å². The molecular weight excluding hydrogens is 402 g/mol. The number of esters is 1. The number of ether oxygens (including phenoxy) is 1. The Labute approximate surface area is 179 Å². The third-order valence-corrected chi connectivity index (χ3v) is 5.11. The maximum atomic E-state index is 13.1. The minimum Gasteiger partial charge on any atom is -0.462 e. The van der Waals surface area contributed by atoms with Crippen LogP contribution in [0.4, 0.5) is 11.5 Å². The van der Waals surface area contributed by atoms with Gasteiger partial charge in [0, 0.05) is 30.5 Å². The summed E-state index contributed by atoms with van der Waals surface area (Å²) in [5.41, 5.74) is 0.683. The minimum atomic E-state index is -0.825. The van der Waals surface area contributed by atoms with Crippen molar-refractivity contribution in [1.29, 1.82) is 0 Å². The molecule has 1 aromatic heterocycles. The first-order valence-corrected chi connectivity index (χ1v) is 10.1. The molecule has 3 rings (SSSR count). The molecule has 2 heterocycles. The molecule has 2 unspecified atom stereocenters. The average molecular weight is 429 g/mol. The summed E-state index contributed by atoms with van der Waals surface area (Å²) in [5.74, 6) is -0.903. The Kier molecular flexibility index (Phi) is 6.40. The van der Waals surface area contributed by atoms with Gasteiger partial charge in [-0.15, -0.1) is 0 Å². The molecule has 2 aromatic rings. The van der Waals surface area contributed by atoms with Crippen molar-refractivity contribution < 1.29 is 14.5 Å². The van der Waals surface area contributed by atoms with Gasteiger partial charge in [0.25, 0.3) is 11.2 Å². The second-order valence-electron chi connectivity index (χ2n) is 8.13. The molecule has 1 aliphatic rings. The van der Waals surface area contributed by atoms with Gasteiger partial charge < -0.3 is 9.64 Å². The number of non-ortho nitro benzene ring substituents is 1. The van der Waals surface area contributed by atoms with E-state index in [1.165, 1.54) is 22.9 Å². The van der Waals surface area contributed by atoms with E-state index in [0.717, 1.165) is 0 Å². The Hall–Kier alpha value is -3.27. The van der Waals surface area contributed by atoms with E-state index in [4.69, 9.17) is 4.74 Å². The van der Waals surface area contributed by atoms with Crippen LogP contribution in [-0.4, -0.2) is 57.6 Å². The van der Waals surface area contributed by atoms with Crippen LogP contribution >= 0.6 is 0 Å². The average Bonchev–Trinajstić information content (AvgIpc) is 2.99. The first kappa shape index (κ1) is 22.4. The van der Waals surface area contributed by atoms with E-state index in [0.29, 0.717) is 30.2 Å². The van der Waals surface area contributed by atoms with E-state index in [1.807, 2.05) is 19.0 Å². The first-order valence-electron chi connectivity index (χ1n) is 10.1. The highest BCUT2D eigenvalue weighted by atomic mass is 16.6. The molecule has 1 aliphatic heterocycles. The van der Waals surface area contributed by atoms with Crippen LogP contribution < -0.4 is 5.56 Å². The highest BCUT2D eigenvalue weighted by Gasteiger charge is 2.41. The molecule has 0 amide bonds. The zero-order valence-corrected chi connectivity index (χ0v) is 18.3. The maximum absolute atomic E-state index is 13.1. The Morgan fingerprint density at radius 1 is 1.32 bits per heavy atom. The minimum absolute atomic E-state index is 0.0930. The fraction of sp³-hybridized carbons (Fsp3) is 0.476. The van der Waals surface area contributed by atoms with Gasteiger partial charge in [0.15, 0.2) is 5.82 Å². The molecule has 10 nitrogen and oxygen atoms in total. The van der Waals surface area contributed by atoms with E-state index in [9.17, 15) is 19.7 Å². The summed E-state index contributed by atoms with van der Waals surface area (Å²) >= 11 is 0. The van der Waals surface area contributed by atoms with Crippen LogP contribution in [0.15, 0.2) is 40.1 Å². The highest BCUT2D eigenvalue weighted by Crippen LogP contribution is 2.38. The van der Waals surface area contributed by atoms with Gasteiger partial charge in [-0.2, -0.15) is 0 Å². The van der Waals surface area contributed by atoms with Crippen molar-refractivity contribution in [2.75, 3.05) is 20.6 Å². The third-order valence-electron chi connectivity index (χ3n) is 5.11. The highest BCUT2D eigenvalue weighted by molar-refractivity contribution is 6.03. The second-order valence-corrected chi connectivity index (χ2v) is 8.13. The van der Waals surface area contributed by atoms with Crippen molar-refractivity contribution in [1.82, 2.24) is 14.3 Å². The summed E-state index contributed by atoms with van der Waals surface area (Å²) in [5, 5.41) is 11.4. The summed E-state index contributed by atoms with van der Waals surface area (Å²) in [4.78, 5) is 43.2. The number of aromatic nitrogens is 2. The van der Waals surface area contributed by atoms with E-state index in [2.05, 4.69) is 4.99 Å². The predicted octanol–water partition coefficient (Wildman–Crippen LogP) is 2.38. The van der Waals surface area contributed by atoms with Gasteiger partial charge in [-0.1, -0.05) is 12.1 Å². The summed E-state index contributed by atoms with van der Waals surface area (Å²) in [7, 11) is 3.79. The molecule has 31 heavy (non-hydrogen) atoms. The molecule has 0 fully saturated rings.